The van der Waals surface area contributed by atoms with Crippen molar-refractivity contribution in [3.63, 3.8) is 0 Å². The maximum absolute atomic E-state index is 6.18. The van der Waals surface area contributed by atoms with E-state index in [1.807, 2.05) is 18.2 Å². The molecular formula is C16H17Cl2N. The monoisotopic (exact) mass is 293 g/mol. The number of anilines is 1. The number of hydrogen-bond donors (Lipinski definition) is 1. The molecule has 0 aliphatic carbocycles. The van der Waals surface area contributed by atoms with E-state index in [0.29, 0.717) is 16.6 Å². The zero-order valence-electron chi connectivity index (χ0n) is 11.1. The average molecular weight is 294 g/mol. The number of hydrogen-bond acceptors (Lipinski definition) is 1. The van der Waals surface area contributed by atoms with Crippen molar-refractivity contribution in [2.75, 3.05) is 5.32 Å². The fourth-order valence-corrected chi connectivity index (χ4v) is 2.69. The zero-order valence-corrected chi connectivity index (χ0v) is 12.6. The van der Waals surface area contributed by atoms with Gasteiger partial charge in [0.2, 0.25) is 0 Å². The molecule has 3 heteroatoms. The second-order valence-corrected chi connectivity index (χ2v) is 5.33. The van der Waals surface area contributed by atoms with Gasteiger partial charge in [0.15, 0.2) is 0 Å². The molecule has 100 valence electrons. The van der Waals surface area contributed by atoms with E-state index in [1.54, 1.807) is 0 Å². The Balaban J connectivity index is 2.24. The average Bonchev–Trinajstić information content (AvgIpc) is 2.39. The summed E-state index contributed by atoms with van der Waals surface area (Å²) in [5.41, 5.74) is 4.67. The minimum Gasteiger partial charge on any atom is -0.380 e. The fraction of sp³-hybridized carbons (Fsp3) is 0.250. The third-order valence-corrected chi connectivity index (χ3v) is 3.95. The van der Waals surface area contributed by atoms with Crippen molar-refractivity contribution in [2.45, 2.75) is 26.8 Å². The van der Waals surface area contributed by atoms with Crippen LogP contribution in [0.3, 0.4) is 0 Å². The van der Waals surface area contributed by atoms with Crippen molar-refractivity contribution in [1.82, 2.24) is 0 Å². The molecule has 0 saturated carbocycles. The molecule has 2 aromatic rings. The third-order valence-electron chi connectivity index (χ3n) is 3.24. The maximum Gasteiger partial charge on any atom is 0.0470 e. The number of para-hydroxylation sites is 1. The van der Waals surface area contributed by atoms with Gasteiger partial charge in [-0.1, -0.05) is 54.4 Å². The number of aryl methyl sites for hydroxylation is 2. The number of halogens is 2. The van der Waals surface area contributed by atoms with Gasteiger partial charge in [-0.05, 0) is 36.6 Å². The summed E-state index contributed by atoms with van der Waals surface area (Å²) in [4.78, 5) is 0. The molecule has 0 unspecified atom stereocenters. The molecule has 0 saturated heterocycles. The highest BCUT2D eigenvalue weighted by Crippen LogP contribution is 2.27. The number of benzene rings is 2. The van der Waals surface area contributed by atoms with Gasteiger partial charge in [-0.25, -0.2) is 0 Å². The van der Waals surface area contributed by atoms with Crippen molar-refractivity contribution in [3.8, 4) is 0 Å². The quantitative estimate of drug-likeness (QED) is 0.787. The van der Waals surface area contributed by atoms with Crippen LogP contribution < -0.4 is 5.32 Å². The Morgan fingerprint density at radius 2 is 1.63 bits per heavy atom. The van der Waals surface area contributed by atoms with Crippen LogP contribution in [0.5, 0.6) is 0 Å². The zero-order chi connectivity index (χ0) is 13.8. The Kier molecular flexibility index (Phi) is 4.73. The molecule has 0 aliphatic heterocycles. The molecule has 0 aliphatic rings. The lowest BCUT2D eigenvalue weighted by molar-refractivity contribution is 1.08. The van der Waals surface area contributed by atoms with Gasteiger partial charge in [-0.15, -0.1) is 0 Å². The highest BCUT2D eigenvalue weighted by molar-refractivity contribution is 6.36. The first-order valence-corrected chi connectivity index (χ1v) is 7.14. The highest BCUT2D eigenvalue weighted by atomic mass is 35.5. The van der Waals surface area contributed by atoms with E-state index in [4.69, 9.17) is 23.2 Å². The Morgan fingerprint density at radius 3 is 2.26 bits per heavy atom. The van der Waals surface area contributed by atoms with E-state index in [-0.39, 0.29) is 0 Å². The summed E-state index contributed by atoms with van der Waals surface area (Å²) >= 11 is 12.4. The molecule has 2 rings (SSSR count). The fourth-order valence-electron chi connectivity index (χ4n) is 2.15. The molecule has 0 amide bonds. The van der Waals surface area contributed by atoms with Gasteiger partial charge < -0.3 is 5.32 Å². The first-order chi connectivity index (χ1) is 9.13. The van der Waals surface area contributed by atoms with Gasteiger partial charge in [0, 0.05) is 27.8 Å². The Bertz CT molecular complexity index is 559. The van der Waals surface area contributed by atoms with Crippen molar-refractivity contribution in [2.24, 2.45) is 0 Å². The van der Waals surface area contributed by atoms with E-state index in [0.717, 1.165) is 12.0 Å². The normalized spacial score (nSPS) is 10.5. The van der Waals surface area contributed by atoms with Crippen LogP contribution in [-0.4, -0.2) is 0 Å². The van der Waals surface area contributed by atoms with Crippen LogP contribution in [0.4, 0.5) is 5.69 Å². The van der Waals surface area contributed by atoms with Crippen LogP contribution in [0.25, 0.3) is 0 Å². The predicted molar refractivity (Wildman–Crippen MR) is 84.3 cm³/mol. The molecule has 0 spiro atoms. The van der Waals surface area contributed by atoms with E-state index in [1.165, 1.54) is 16.8 Å². The molecule has 19 heavy (non-hydrogen) atoms. The van der Waals surface area contributed by atoms with E-state index in [2.05, 4.69) is 37.4 Å². The van der Waals surface area contributed by atoms with Crippen LogP contribution >= 0.6 is 23.2 Å². The molecular weight excluding hydrogens is 277 g/mol. The van der Waals surface area contributed by atoms with E-state index in [9.17, 15) is 0 Å². The minimum atomic E-state index is 0.635. The molecule has 0 heterocycles. The highest BCUT2D eigenvalue weighted by Gasteiger charge is 2.08. The largest absolute Gasteiger partial charge is 0.380 e. The number of rotatable bonds is 4. The molecule has 2 aromatic carbocycles. The van der Waals surface area contributed by atoms with Crippen LogP contribution in [0, 0.1) is 6.92 Å². The van der Waals surface area contributed by atoms with Gasteiger partial charge in [-0.3, -0.25) is 0 Å². The number of nitrogens with one attached hydrogen (secondary N) is 1. The summed E-state index contributed by atoms with van der Waals surface area (Å²) in [7, 11) is 0. The minimum absolute atomic E-state index is 0.635. The summed E-state index contributed by atoms with van der Waals surface area (Å²) in [5, 5.41) is 4.86. The van der Waals surface area contributed by atoms with Gasteiger partial charge in [0.25, 0.3) is 0 Å². The first kappa shape index (κ1) is 14.2. The summed E-state index contributed by atoms with van der Waals surface area (Å²) in [5.74, 6) is 0. The van der Waals surface area contributed by atoms with E-state index < -0.39 is 0 Å². The van der Waals surface area contributed by atoms with Crippen molar-refractivity contribution in [1.29, 1.82) is 0 Å². The second kappa shape index (κ2) is 6.31. The van der Waals surface area contributed by atoms with Crippen molar-refractivity contribution in [3.05, 3.63) is 63.1 Å². The predicted octanol–water partition coefficient (Wildman–Crippen LogP) is 5.48. The summed E-state index contributed by atoms with van der Waals surface area (Å²) in [6.07, 6.45) is 1.00. The lowest BCUT2D eigenvalue weighted by atomic mass is 10.1. The lowest BCUT2D eigenvalue weighted by Gasteiger charge is -2.15. The lowest BCUT2D eigenvalue weighted by Crippen LogP contribution is -2.05. The molecule has 0 radical (unpaired) electrons. The molecule has 1 N–H and O–H groups in total. The van der Waals surface area contributed by atoms with Crippen molar-refractivity contribution >= 4 is 28.9 Å². The summed E-state index contributed by atoms with van der Waals surface area (Å²) in [6, 6.07) is 11.9. The van der Waals surface area contributed by atoms with Crippen molar-refractivity contribution < 1.29 is 0 Å². The Labute approximate surface area is 124 Å². The van der Waals surface area contributed by atoms with Gasteiger partial charge in [0.05, 0.1) is 0 Å². The molecule has 0 bridgehead atoms. The van der Waals surface area contributed by atoms with Gasteiger partial charge >= 0.3 is 0 Å². The van der Waals surface area contributed by atoms with Crippen LogP contribution in [0.15, 0.2) is 36.4 Å². The standard InChI is InChI=1S/C16H17Cl2N/c1-3-12-7-4-6-11(2)16(12)19-10-13-14(17)8-5-9-15(13)18/h4-9,19H,3,10H2,1-2H3. The second-order valence-electron chi connectivity index (χ2n) is 4.52. The smallest absolute Gasteiger partial charge is 0.0470 e. The first-order valence-electron chi connectivity index (χ1n) is 6.38. The van der Waals surface area contributed by atoms with Crippen LogP contribution in [0.2, 0.25) is 10.0 Å². The molecule has 0 atom stereocenters. The van der Waals surface area contributed by atoms with E-state index >= 15 is 0 Å². The topological polar surface area (TPSA) is 12.0 Å². The summed E-state index contributed by atoms with van der Waals surface area (Å²) in [6.45, 7) is 4.90. The Hall–Kier alpha value is -1.18. The van der Waals surface area contributed by atoms with Crippen LogP contribution in [0.1, 0.15) is 23.6 Å². The molecule has 1 nitrogen and oxygen atoms in total. The molecule has 0 aromatic heterocycles. The maximum atomic E-state index is 6.18. The summed E-state index contributed by atoms with van der Waals surface area (Å²) < 4.78 is 0. The van der Waals surface area contributed by atoms with Gasteiger partial charge in [-0.2, -0.15) is 0 Å². The third kappa shape index (κ3) is 3.23. The Morgan fingerprint density at radius 1 is 1.00 bits per heavy atom. The SMILES string of the molecule is CCc1cccc(C)c1NCc1c(Cl)cccc1Cl. The van der Waals surface area contributed by atoms with Crippen LogP contribution in [-0.2, 0) is 13.0 Å². The van der Waals surface area contributed by atoms with Gasteiger partial charge in [0.1, 0.15) is 0 Å². The molecule has 0 fully saturated rings.